The third-order valence-electron chi connectivity index (χ3n) is 3.36. The zero-order valence-corrected chi connectivity index (χ0v) is 16.0. The Labute approximate surface area is 159 Å². The zero-order valence-electron chi connectivity index (χ0n) is 14.4. The summed E-state index contributed by atoms with van der Waals surface area (Å²) in [6, 6.07) is 11.6. The molecule has 3 aromatic rings. The molecule has 2 aromatic heterocycles. The second kappa shape index (κ2) is 8.29. The average molecular weight is 387 g/mol. The Bertz CT molecular complexity index is 925. The highest BCUT2D eigenvalue weighted by atomic mass is 32.2. The maximum Gasteiger partial charge on any atom is 0.321 e. The molecule has 0 aliphatic heterocycles. The number of amides is 3. The van der Waals surface area contributed by atoms with Crippen LogP contribution in [0.2, 0.25) is 0 Å². The summed E-state index contributed by atoms with van der Waals surface area (Å²) in [5.41, 5.74) is 1.12. The number of carbonyl (C=O) groups excluding carboxylic acids is 2. The minimum absolute atomic E-state index is 0.0286. The van der Waals surface area contributed by atoms with Gasteiger partial charge in [0.2, 0.25) is 5.91 Å². The van der Waals surface area contributed by atoms with Gasteiger partial charge in [-0.3, -0.25) is 10.1 Å². The van der Waals surface area contributed by atoms with Crippen molar-refractivity contribution >= 4 is 45.3 Å². The number of hydrogen-bond acceptors (Lipinski definition) is 6. The van der Waals surface area contributed by atoms with Gasteiger partial charge in [0.1, 0.15) is 16.2 Å². The summed E-state index contributed by atoms with van der Waals surface area (Å²) in [6.45, 7) is 3.66. The smallest absolute Gasteiger partial charge is 0.321 e. The number of nitrogens with zero attached hydrogens (tertiary/aromatic N) is 2. The van der Waals surface area contributed by atoms with E-state index in [1.165, 1.54) is 18.1 Å². The Morgan fingerprint density at radius 2 is 1.96 bits per heavy atom. The van der Waals surface area contributed by atoms with E-state index >= 15 is 0 Å². The number of thioether (sulfide) groups is 1. The van der Waals surface area contributed by atoms with Gasteiger partial charge in [0.05, 0.1) is 5.75 Å². The quantitative estimate of drug-likeness (QED) is 0.516. The Balaban J connectivity index is 1.71. The van der Waals surface area contributed by atoms with Gasteiger partial charge in [0.25, 0.3) is 0 Å². The maximum atomic E-state index is 11.9. The third-order valence-corrected chi connectivity index (χ3v) is 5.46. The molecule has 134 valence electrons. The van der Waals surface area contributed by atoms with E-state index in [2.05, 4.69) is 20.6 Å². The molecule has 0 spiro atoms. The molecular weight excluding hydrogens is 368 g/mol. The zero-order chi connectivity index (χ0) is 18.5. The number of thiophene rings is 1. The molecule has 2 N–H and O–H groups in total. The molecule has 0 fully saturated rings. The van der Waals surface area contributed by atoms with Crippen molar-refractivity contribution in [3.8, 4) is 10.4 Å². The van der Waals surface area contributed by atoms with Crippen molar-refractivity contribution in [3.05, 3.63) is 42.7 Å². The van der Waals surface area contributed by atoms with E-state index < -0.39 is 6.03 Å². The van der Waals surface area contributed by atoms with E-state index in [0.717, 1.165) is 25.7 Å². The van der Waals surface area contributed by atoms with Crippen molar-refractivity contribution in [1.82, 2.24) is 20.6 Å². The number of hydrogen-bond donors (Lipinski definition) is 2. The van der Waals surface area contributed by atoms with Gasteiger partial charge in [-0.1, -0.05) is 42.1 Å². The van der Waals surface area contributed by atoms with Crippen LogP contribution in [0.15, 0.2) is 47.8 Å². The van der Waals surface area contributed by atoms with E-state index in [1.807, 2.05) is 50.2 Å². The van der Waals surface area contributed by atoms with Crippen molar-refractivity contribution in [3.63, 3.8) is 0 Å². The predicted octanol–water partition coefficient (Wildman–Crippen LogP) is 3.68. The van der Waals surface area contributed by atoms with Crippen molar-refractivity contribution in [2.24, 2.45) is 0 Å². The fourth-order valence-corrected chi connectivity index (χ4v) is 4.13. The van der Waals surface area contributed by atoms with Crippen LogP contribution >= 0.6 is 23.1 Å². The summed E-state index contributed by atoms with van der Waals surface area (Å²) in [4.78, 5) is 34.1. The van der Waals surface area contributed by atoms with Gasteiger partial charge < -0.3 is 5.32 Å². The van der Waals surface area contributed by atoms with Crippen molar-refractivity contribution in [1.29, 1.82) is 0 Å². The lowest BCUT2D eigenvalue weighted by atomic mass is 10.2. The van der Waals surface area contributed by atoms with Crippen LogP contribution in [0.1, 0.15) is 13.8 Å². The largest absolute Gasteiger partial charge is 0.336 e. The Hall–Kier alpha value is -2.45. The van der Waals surface area contributed by atoms with Gasteiger partial charge in [0, 0.05) is 16.3 Å². The van der Waals surface area contributed by atoms with E-state index in [-0.39, 0.29) is 17.7 Å². The standard InChI is InChI=1S/C18H18N4O2S2/c1-11(2)21-18(24)22-15(23)9-25-16-13-8-14(12-6-4-3-5-7-12)26-17(13)20-10-19-16/h3-8,10-11H,9H2,1-2H3,(H2,21,22,23,24). The molecule has 0 radical (unpaired) electrons. The van der Waals surface area contributed by atoms with E-state index in [9.17, 15) is 9.59 Å². The van der Waals surface area contributed by atoms with Gasteiger partial charge in [-0.15, -0.1) is 11.3 Å². The number of urea groups is 1. The van der Waals surface area contributed by atoms with Crippen LogP contribution < -0.4 is 10.6 Å². The molecule has 0 aliphatic carbocycles. The van der Waals surface area contributed by atoms with Gasteiger partial charge in [-0.05, 0) is 25.5 Å². The monoisotopic (exact) mass is 386 g/mol. The van der Waals surface area contributed by atoms with Gasteiger partial charge in [-0.2, -0.15) is 0 Å². The fourth-order valence-electron chi connectivity index (χ4n) is 2.29. The number of rotatable bonds is 5. The highest BCUT2D eigenvalue weighted by Gasteiger charge is 2.13. The van der Waals surface area contributed by atoms with Crippen LogP contribution in [0.25, 0.3) is 20.7 Å². The number of nitrogens with one attached hydrogen (secondary N) is 2. The third kappa shape index (κ3) is 4.59. The number of carbonyl (C=O) groups is 2. The Kier molecular flexibility index (Phi) is 5.85. The number of benzene rings is 1. The summed E-state index contributed by atoms with van der Waals surface area (Å²) in [6.07, 6.45) is 1.50. The Morgan fingerprint density at radius 3 is 2.69 bits per heavy atom. The van der Waals surface area contributed by atoms with Crippen LogP contribution in [0.5, 0.6) is 0 Å². The summed E-state index contributed by atoms with van der Waals surface area (Å²) in [5.74, 6) is -0.257. The second-order valence-corrected chi connectivity index (χ2v) is 7.83. The van der Waals surface area contributed by atoms with Crippen molar-refractivity contribution < 1.29 is 9.59 Å². The minimum atomic E-state index is -0.486. The van der Waals surface area contributed by atoms with Gasteiger partial charge in [0.15, 0.2) is 0 Å². The molecule has 8 heteroatoms. The second-order valence-electron chi connectivity index (χ2n) is 5.84. The molecule has 6 nitrogen and oxygen atoms in total. The first-order chi connectivity index (χ1) is 12.5. The average Bonchev–Trinajstić information content (AvgIpc) is 3.04. The summed E-state index contributed by atoms with van der Waals surface area (Å²) < 4.78 is 0. The topological polar surface area (TPSA) is 84.0 Å². The normalized spacial score (nSPS) is 10.9. The molecule has 0 saturated carbocycles. The van der Waals surface area contributed by atoms with Crippen LogP contribution in [-0.2, 0) is 4.79 Å². The fraction of sp³-hybridized carbons (Fsp3) is 0.222. The summed E-state index contributed by atoms with van der Waals surface area (Å²) >= 11 is 2.88. The minimum Gasteiger partial charge on any atom is -0.336 e. The van der Waals surface area contributed by atoms with Crippen LogP contribution in [-0.4, -0.2) is 33.7 Å². The first-order valence-corrected chi connectivity index (χ1v) is 9.86. The molecule has 2 heterocycles. The van der Waals surface area contributed by atoms with Crippen LogP contribution in [0.3, 0.4) is 0 Å². The Morgan fingerprint density at radius 1 is 1.19 bits per heavy atom. The van der Waals surface area contributed by atoms with Crippen molar-refractivity contribution in [2.75, 3.05) is 5.75 Å². The number of aromatic nitrogens is 2. The number of fused-ring (bicyclic) bond motifs is 1. The lowest BCUT2D eigenvalue weighted by Crippen LogP contribution is -2.43. The molecule has 26 heavy (non-hydrogen) atoms. The van der Waals surface area contributed by atoms with Crippen LogP contribution in [0, 0.1) is 0 Å². The number of imide groups is 1. The van der Waals surface area contributed by atoms with Crippen molar-refractivity contribution in [2.45, 2.75) is 24.9 Å². The van der Waals surface area contributed by atoms with E-state index in [0.29, 0.717) is 0 Å². The molecule has 0 unspecified atom stereocenters. The molecule has 0 aliphatic rings. The van der Waals surface area contributed by atoms with E-state index in [1.54, 1.807) is 11.3 Å². The molecule has 0 saturated heterocycles. The van der Waals surface area contributed by atoms with Gasteiger partial charge >= 0.3 is 6.03 Å². The lowest BCUT2D eigenvalue weighted by Gasteiger charge is -2.08. The SMILES string of the molecule is CC(C)NC(=O)NC(=O)CSc1ncnc2sc(-c3ccccc3)cc12. The molecular formula is C18H18N4O2S2. The highest BCUT2D eigenvalue weighted by Crippen LogP contribution is 2.35. The lowest BCUT2D eigenvalue weighted by molar-refractivity contribution is -0.117. The summed E-state index contributed by atoms with van der Waals surface area (Å²) in [7, 11) is 0. The predicted molar refractivity (Wildman–Crippen MR) is 105 cm³/mol. The summed E-state index contributed by atoms with van der Waals surface area (Å²) in [5, 5.41) is 6.58. The van der Waals surface area contributed by atoms with Gasteiger partial charge in [-0.25, -0.2) is 14.8 Å². The van der Waals surface area contributed by atoms with Crippen LogP contribution in [0.4, 0.5) is 4.79 Å². The molecule has 3 amide bonds. The molecule has 1 aromatic carbocycles. The first-order valence-electron chi connectivity index (χ1n) is 8.06. The molecule has 0 bridgehead atoms. The highest BCUT2D eigenvalue weighted by molar-refractivity contribution is 8.00. The molecule has 0 atom stereocenters. The molecule has 3 rings (SSSR count). The van der Waals surface area contributed by atoms with E-state index in [4.69, 9.17) is 0 Å². The first kappa shape index (κ1) is 18.3. The maximum absolute atomic E-state index is 11.9.